The average Bonchev–Trinajstić information content (AvgIpc) is 2.25. The smallest absolute Gasteiger partial charge is 0.0992 e. The first-order valence-electron chi connectivity index (χ1n) is 5.14. The minimum atomic E-state index is 0.206. The maximum Gasteiger partial charge on any atom is 0.0992 e. The summed E-state index contributed by atoms with van der Waals surface area (Å²) in [6.45, 7) is 4.57. The van der Waals surface area contributed by atoms with Crippen molar-refractivity contribution in [2.75, 3.05) is 25.1 Å². The molecule has 0 aliphatic carbocycles. The molecular formula is C12H13ClN2O. The molecule has 1 aliphatic rings. The van der Waals surface area contributed by atoms with Gasteiger partial charge in [-0.3, -0.25) is 0 Å². The first kappa shape index (κ1) is 11.3. The highest BCUT2D eigenvalue weighted by Gasteiger charge is 2.33. The Morgan fingerprint density at radius 3 is 2.81 bits per heavy atom. The number of nitriles is 1. The zero-order valence-electron chi connectivity index (χ0n) is 9.09. The Morgan fingerprint density at radius 1 is 1.56 bits per heavy atom. The lowest BCUT2D eigenvalue weighted by Crippen LogP contribution is -2.45. The van der Waals surface area contributed by atoms with E-state index in [2.05, 4.69) is 18.3 Å². The summed E-state index contributed by atoms with van der Waals surface area (Å²) < 4.78 is 5.18. The van der Waals surface area contributed by atoms with Crippen LogP contribution >= 0.6 is 11.6 Å². The maximum absolute atomic E-state index is 8.71. The molecule has 0 atom stereocenters. The van der Waals surface area contributed by atoms with E-state index in [-0.39, 0.29) is 5.41 Å². The van der Waals surface area contributed by atoms with Crippen LogP contribution in [0, 0.1) is 16.7 Å². The average molecular weight is 237 g/mol. The molecule has 0 bridgehead atoms. The van der Waals surface area contributed by atoms with Gasteiger partial charge in [-0.1, -0.05) is 18.5 Å². The molecular weight excluding hydrogens is 224 g/mol. The summed E-state index contributed by atoms with van der Waals surface area (Å²) in [5.41, 5.74) is 1.65. The molecule has 0 radical (unpaired) electrons. The first-order chi connectivity index (χ1) is 7.63. The highest BCUT2D eigenvalue weighted by molar-refractivity contribution is 6.33. The minimum absolute atomic E-state index is 0.206. The van der Waals surface area contributed by atoms with Gasteiger partial charge in [-0.05, 0) is 18.2 Å². The van der Waals surface area contributed by atoms with Gasteiger partial charge in [-0.25, -0.2) is 0 Å². The largest absolute Gasteiger partial charge is 0.383 e. The van der Waals surface area contributed by atoms with Gasteiger partial charge in [0.05, 0.1) is 35.6 Å². The van der Waals surface area contributed by atoms with E-state index in [0.29, 0.717) is 10.6 Å². The predicted molar refractivity (Wildman–Crippen MR) is 63.6 cm³/mol. The molecule has 1 fully saturated rings. The van der Waals surface area contributed by atoms with Crippen LogP contribution in [0.4, 0.5) is 5.69 Å². The van der Waals surface area contributed by atoms with Gasteiger partial charge >= 0.3 is 0 Å². The van der Waals surface area contributed by atoms with Gasteiger partial charge < -0.3 is 10.1 Å². The van der Waals surface area contributed by atoms with Crippen LogP contribution in [0.1, 0.15) is 12.5 Å². The molecule has 0 aromatic heterocycles. The summed E-state index contributed by atoms with van der Waals surface area (Å²) >= 11 is 6.05. The van der Waals surface area contributed by atoms with Crippen molar-refractivity contribution >= 4 is 17.3 Å². The first-order valence-corrected chi connectivity index (χ1v) is 5.52. The van der Waals surface area contributed by atoms with E-state index in [1.807, 2.05) is 6.07 Å². The second kappa shape index (κ2) is 4.32. The lowest BCUT2D eigenvalue weighted by molar-refractivity contribution is -0.0924. The van der Waals surface area contributed by atoms with Crippen LogP contribution < -0.4 is 5.32 Å². The fraction of sp³-hybridized carbons (Fsp3) is 0.417. The maximum atomic E-state index is 8.71. The molecule has 0 amide bonds. The number of rotatable bonds is 3. The van der Waals surface area contributed by atoms with E-state index in [0.717, 1.165) is 25.4 Å². The van der Waals surface area contributed by atoms with E-state index in [4.69, 9.17) is 21.6 Å². The van der Waals surface area contributed by atoms with Crippen LogP contribution in [0.15, 0.2) is 18.2 Å². The van der Waals surface area contributed by atoms with Gasteiger partial charge in [0.1, 0.15) is 0 Å². The number of halogens is 1. The summed E-state index contributed by atoms with van der Waals surface area (Å²) in [6, 6.07) is 7.32. The summed E-state index contributed by atoms with van der Waals surface area (Å²) in [5.74, 6) is 0. The standard InChI is InChI=1S/C12H13ClN2O/c1-12(7-16-8-12)6-15-11-3-2-9(5-14)4-10(11)13/h2-4,15H,6-8H2,1H3. The molecule has 1 aromatic carbocycles. The lowest BCUT2D eigenvalue weighted by Gasteiger charge is -2.38. The quantitative estimate of drug-likeness (QED) is 0.878. The van der Waals surface area contributed by atoms with Crippen LogP contribution in [-0.4, -0.2) is 19.8 Å². The molecule has 1 aliphatic heterocycles. The van der Waals surface area contributed by atoms with Crippen molar-refractivity contribution in [1.29, 1.82) is 5.26 Å². The van der Waals surface area contributed by atoms with Crippen LogP contribution in [-0.2, 0) is 4.74 Å². The van der Waals surface area contributed by atoms with E-state index in [1.165, 1.54) is 0 Å². The fourth-order valence-electron chi connectivity index (χ4n) is 1.59. The Bertz CT molecular complexity index is 435. The Labute approximate surface area is 100.0 Å². The second-order valence-corrected chi connectivity index (χ2v) is 4.87. The van der Waals surface area contributed by atoms with Crippen molar-refractivity contribution in [3.8, 4) is 6.07 Å². The topological polar surface area (TPSA) is 45.0 Å². The molecule has 0 spiro atoms. The molecule has 2 rings (SSSR count). The molecule has 1 saturated heterocycles. The molecule has 0 unspecified atom stereocenters. The van der Waals surface area contributed by atoms with E-state index in [9.17, 15) is 0 Å². The van der Waals surface area contributed by atoms with Crippen molar-refractivity contribution in [1.82, 2.24) is 0 Å². The fourth-order valence-corrected chi connectivity index (χ4v) is 1.84. The number of nitrogens with one attached hydrogen (secondary N) is 1. The van der Waals surface area contributed by atoms with E-state index < -0.39 is 0 Å². The van der Waals surface area contributed by atoms with Gasteiger partial charge in [-0.2, -0.15) is 5.26 Å². The van der Waals surface area contributed by atoms with Crippen molar-refractivity contribution in [3.63, 3.8) is 0 Å². The number of benzene rings is 1. The summed E-state index contributed by atoms with van der Waals surface area (Å²) in [4.78, 5) is 0. The second-order valence-electron chi connectivity index (χ2n) is 4.46. The zero-order valence-corrected chi connectivity index (χ0v) is 9.84. The molecule has 16 heavy (non-hydrogen) atoms. The molecule has 0 saturated carbocycles. The molecule has 1 heterocycles. The summed E-state index contributed by atoms with van der Waals surface area (Å²) in [7, 11) is 0. The van der Waals surface area contributed by atoms with Gasteiger partial charge in [0.2, 0.25) is 0 Å². The highest BCUT2D eigenvalue weighted by atomic mass is 35.5. The number of nitrogens with zero attached hydrogens (tertiary/aromatic N) is 1. The Balaban J connectivity index is 2.02. The number of ether oxygens (including phenoxy) is 1. The third-order valence-corrected chi connectivity index (χ3v) is 3.02. The Hall–Kier alpha value is -1.24. The Morgan fingerprint density at radius 2 is 2.31 bits per heavy atom. The predicted octanol–water partition coefficient (Wildman–Crippen LogP) is 2.66. The minimum Gasteiger partial charge on any atom is -0.383 e. The van der Waals surface area contributed by atoms with Gasteiger partial charge in [-0.15, -0.1) is 0 Å². The van der Waals surface area contributed by atoms with Crippen LogP contribution in [0.2, 0.25) is 5.02 Å². The Kier molecular flexibility index (Phi) is 3.04. The summed E-state index contributed by atoms with van der Waals surface area (Å²) in [6.07, 6.45) is 0. The zero-order chi connectivity index (χ0) is 11.6. The van der Waals surface area contributed by atoms with Crippen LogP contribution in [0.5, 0.6) is 0 Å². The highest BCUT2D eigenvalue weighted by Crippen LogP contribution is 2.29. The van der Waals surface area contributed by atoms with Crippen molar-refractivity contribution in [3.05, 3.63) is 28.8 Å². The molecule has 4 heteroatoms. The van der Waals surface area contributed by atoms with Crippen LogP contribution in [0.25, 0.3) is 0 Å². The SMILES string of the molecule is CC1(CNc2ccc(C#N)cc2Cl)COC1. The monoisotopic (exact) mass is 236 g/mol. The van der Waals surface area contributed by atoms with Gasteiger partial charge in [0.25, 0.3) is 0 Å². The molecule has 84 valence electrons. The summed E-state index contributed by atoms with van der Waals surface area (Å²) in [5, 5.41) is 12.6. The number of hydrogen-bond donors (Lipinski definition) is 1. The number of anilines is 1. The van der Waals surface area contributed by atoms with Crippen molar-refractivity contribution in [2.24, 2.45) is 5.41 Å². The van der Waals surface area contributed by atoms with E-state index in [1.54, 1.807) is 12.1 Å². The number of hydrogen-bond acceptors (Lipinski definition) is 3. The van der Waals surface area contributed by atoms with Gasteiger partial charge in [0.15, 0.2) is 0 Å². The third-order valence-electron chi connectivity index (χ3n) is 2.70. The van der Waals surface area contributed by atoms with E-state index >= 15 is 0 Å². The molecule has 1 aromatic rings. The van der Waals surface area contributed by atoms with Gasteiger partial charge in [0, 0.05) is 12.0 Å². The van der Waals surface area contributed by atoms with Crippen LogP contribution in [0.3, 0.4) is 0 Å². The normalized spacial score (nSPS) is 17.3. The molecule has 1 N–H and O–H groups in total. The lowest BCUT2D eigenvalue weighted by atomic mass is 9.88. The van der Waals surface area contributed by atoms with Crippen molar-refractivity contribution < 1.29 is 4.74 Å². The van der Waals surface area contributed by atoms with Crippen molar-refractivity contribution in [2.45, 2.75) is 6.92 Å². The third kappa shape index (κ3) is 2.29. The molecule has 3 nitrogen and oxygen atoms in total.